The lowest BCUT2D eigenvalue weighted by Crippen LogP contribution is -2.22. The van der Waals surface area contributed by atoms with Gasteiger partial charge in [-0.2, -0.15) is 0 Å². The van der Waals surface area contributed by atoms with Gasteiger partial charge in [-0.05, 0) is 58.2 Å². The number of aromatic nitrogens is 1. The molecule has 0 saturated heterocycles. The van der Waals surface area contributed by atoms with E-state index in [1.165, 1.54) is 10.6 Å². The Labute approximate surface area is 173 Å². The number of halogens is 3. The van der Waals surface area contributed by atoms with E-state index in [9.17, 15) is 23.8 Å². The lowest BCUT2D eigenvalue weighted by molar-refractivity contribution is 0.275. The quantitative estimate of drug-likeness (QED) is 0.581. The Bertz CT molecular complexity index is 1090. The highest BCUT2D eigenvalue weighted by molar-refractivity contribution is 9.10. The van der Waals surface area contributed by atoms with Crippen LogP contribution >= 0.6 is 15.9 Å². The number of nitrogens with zero attached hydrogens (tertiary/aromatic N) is 1. The number of ether oxygens (including phenoxy) is 1. The van der Waals surface area contributed by atoms with Crippen molar-refractivity contribution in [1.82, 2.24) is 4.57 Å². The summed E-state index contributed by atoms with van der Waals surface area (Å²) in [5.74, 6) is -1.20. The van der Waals surface area contributed by atoms with Crippen LogP contribution in [0.4, 0.5) is 8.78 Å². The van der Waals surface area contributed by atoms with Gasteiger partial charge in [0.05, 0.1) is 13.2 Å². The summed E-state index contributed by atoms with van der Waals surface area (Å²) < 4.78 is 34.0. The van der Waals surface area contributed by atoms with Crippen LogP contribution in [0.25, 0.3) is 5.69 Å². The third kappa shape index (κ3) is 4.55. The van der Waals surface area contributed by atoms with E-state index in [2.05, 4.69) is 15.9 Å². The molecule has 0 atom stereocenters. The lowest BCUT2D eigenvalue weighted by Gasteiger charge is -2.16. The van der Waals surface area contributed by atoms with E-state index in [-0.39, 0.29) is 35.6 Å². The number of aryl methyl sites for hydroxylation is 1. The fourth-order valence-corrected chi connectivity index (χ4v) is 3.36. The molecule has 3 rings (SSSR count). The van der Waals surface area contributed by atoms with E-state index in [1.807, 2.05) is 0 Å². The van der Waals surface area contributed by atoms with Crippen molar-refractivity contribution in [2.45, 2.75) is 26.7 Å². The third-order valence-electron chi connectivity index (χ3n) is 4.36. The standard InChI is InChI=1S/C21H18BrF2NO4/c1-12-4-19(29-11-15-2-3-16(23)8-18(15)24)20(22)21(28)25(12)17-6-13(9-26)5-14(7-17)10-27/h2-8,26-27H,9-11H2,1H3. The van der Waals surface area contributed by atoms with Crippen LogP contribution in [-0.4, -0.2) is 14.8 Å². The van der Waals surface area contributed by atoms with Crippen LogP contribution in [0.3, 0.4) is 0 Å². The van der Waals surface area contributed by atoms with Gasteiger partial charge in [-0.1, -0.05) is 6.07 Å². The molecule has 8 heteroatoms. The average Bonchev–Trinajstić information content (AvgIpc) is 2.70. The highest BCUT2D eigenvalue weighted by Crippen LogP contribution is 2.26. The van der Waals surface area contributed by atoms with E-state index in [0.29, 0.717) is 22.5 Å². The highest BCUT2D eigenvalue weighted by atomic mass is 79.9. The second-order valence-electron chi connectivity index (χ2n) is 6.45. The van der Waals surface area contributed by atoms with Crippen molar-refractivity contribution in [3.63, 3.8) is 0 Å². The maximum atomic E-state index is 13.8. The van der Waals surface area contributed by atoms with Crippen molar-refractivity contribution >= 4 is 15.9 Å². The molecule has 0 saturated carbocycles. The molecule has 2 N–H and O–H groups in total. The van der Waals surface area contributed by atoms with Gasteiger partial charge in [0.25, 0.3) is 5.56 Å². The summed E-state index contributed by atoms with van der Waals surface area (Å²) in [5.41, 5.74) is 1.87. The van der Waals surface area contributed by atoms with Crippen molar-refractivity contribution in [3.05, 3.63) is 91.3 Å². The lowest BCUT2D eigenvalue weighted by atomic mass is 10.1. The normalized spacial score (nSPS) is 11.0. The molecule has 0 fully saturated rings. The van der Waals surface area contributed by atoms with Crippen LogP contribution in [-0.2, 0) is 19.8 Å². The molecule has 0 unspecified atom stereocenters. The van der Waals surface area contributed by atoms with Crippen LogP contribution in [0.1, 0.15) is 22.4 Å². The number of aliphatic hydroxyl groups excluding tert-OH is 2. The Morgan fingerprint density at radius 2 is 1.69 bits per heavy atom. The molecular formula is C21H18BrF2NO4. The molecule has 0 spiro atoms. The van der Waals surface area contributed by atoms with Gasteiger partial charge in [-0.25, -0.2) is 8.78 Å². The molecule has 0 radical (unpaired) electrons. The molecule has 2 aromatic carbocycles. The van der Waals surface area contributed by atoms with Crippen LogP contribution in [0.5, 0.6) is 5.75 Å². The number of hydrogen-bond acceptors (Lipinski definition) is 4. The van der Waals surface area contributed by atoms with Crippen molar-refractivity contribution < 1.29 is 23.7 Å². The Morgan fingerprint density at radius 3 is 2.28 bits per heavy atom. The zero-order valence-electron chi connectivity index (χ0n) is 15.5. The molecule has 0 amide bonds. The second-order valence-corrected chi connectivity index (χ2v) is 7.25. The Hall–Kier alpha value is -2.55. The number of pyridine rings is 1. The van der Waals surface area contributed by atoms with Gasteiger partial charge in [0.15, 0.2) is 0 Å². The smallest absolute Gasteiger partial charge is 0.273 e. The van der Waals surface area contributed by atoms with E-state index < -0.39 is 17.2 Å². The van der Waals surface area contributed by atoms with Gasteiger partial charge in [0, 0.05) is 29.1 Å². The topological polar surface area (TPSA) is 71.7 Å². The van der Waals surface area contributed by atoms with E-state index in [1.54, 1.807) is 31.2 Å². The SMILES string of the molecule is Cc1cc(OCc2ccc(F)cc2F)c(Br)c(=O)n1-c1cc(CO)cc(CO)c1. The monoisotopic (exact) mass is 465 g/mol. The first-order valence-corrected chi connectivity index (χ1v) is 9.47. The van der Waals surface area contributed by atoms with E-state index in [0.717, 1.165) is 12.1 Å². The van der Waals surface area contributed by atoms with Gasteiger partial charge in [-0.15, -0.1) is 0 Å². The summed E-state index contributed by atoms with van der Waals surface area (Å²) in [6, 6.07) is 9.73. The van der Waals surface area contributed by atoms with E-state index in [4.69, 9.17) is 4.74 Å². The predicted octanol–water partition coefficient (Wildman–Crippen LogP) is 3.75. The maximum Gasteiger partial charge on any atom is 0.273 e. The van der Waals surface area contributed by atoms with Gasteiger partial charge < -0.3 is 14.9 Å². The van der Waals surface area contributed by atoms with Crippen molar-refractivity contribution in [2.24, 2.45) is 0 Å². The third-order valence-corrected chi connectivity index (χ3v) is 5.09. The molecule has 3 aromatic rings. The molecule has 1 aromatic heterocycles. The fourth-order valence-electron chi connectivity index (χ4n) is 2.96. The minimum Gasteiger partial charge on any atom is -0.487 e. The first-order valence-electron chi connectivity index (χ1n) is 8.68. The summed E-state index contributed by atoms with van der Waals surface area (Å²) in [5, 5.41) is 18.9. The summed E-state index contributed by atoms with van der Waals surface area (Å²) in [6.45, 7) is 1.05. The highest BCUT2D eigenvalue weighted by Gasteiger charge is 2.15. The second kappa shape index (κ2) is 8.86. The zero-order chi connectivity index (χ0) is 21.1. The van der Waals surface area contributed by atoms with E-state index >= 15 is 0 Å². The van der Waals surface area contributed by atoms with Gasteiger partial charge >= 0.3 is 0 Å². The van der Waals surface area contributed by atoms with Gasteiger partial charge in [0.1, 0.15) is 28.5 Å². The van der Waals surface area contributed by atoms with Crippen molar-refractivity contribution in [1.29, 1.82) is 0 Å². The van der Waals surface area contributed by atoms with Gasteiger partial charge in [0.2, 0.25) is 0 Å². The van der Waals surface area contributed by atoms with Crippen LogP contribution in [0, 0.1) is 18.6 Å². The molecule has 152 valence electrons. The molecular weight excluding hydrogens is 448 g/mol. The molecule has 0 aliphatic rings. The molecule has 0 aliphatic heterocycles. The molecule has 29 heavy (non-hydrogen) atoms. The molecule has 5 nitrogen and oxygen atoms in total. The fraction of sp³-hybridized carbons (Fsp3) is 0.190. The zero-order valence-corrected chi connectivity index (χ0v) is 17.0. The summed E-state index contributed by atoms with van der Waals surface area (Å²) in [6.07, 6.45) is 0. The minimum absolute atomic E-state index is 0.130. The summed E-state index contributed by atoms with van der Waals surface area (Å²) in [4.78, 5) is 12.9. The maximum absolute atomic E-state index is 13.8. The molecule has 0 bridgehead atoms. The first-order chi connectivity index (χ1) is 13.8. The summed E-state index contributed by atoms with van der Waals surface area (Å²) in [7, 11) is 0. The Balaban J connectivity index is 1.98. The number of aliphatic hydroxyl groups is 2. The predicted molar refractivity (Wildman–Crippen MR) is 107 cm³/mol. The minimum atomic E-state index is -0.733. The van der Waals surface area contributed by atoms with Crippen LogP contribution < -0.4 is 10.3 Å². The van der Waals surface area contributed by atoms with Crippen LogP contribution in [0.15, 0.2) is 51.7 Å². The largest absolute Gasteiger partial charge is 0.487 e. The van der Waals surface area contributed by atoms with Crippen molar-refractivity contribution in [2.75, 3.05) is 0 Å². The number of rotatable bonds is 6. The number of benzene rings is 2. The Morgan fingerprint density at radius 1 is 1.03 bits per heavy atom. The van der Waals surface area contributed by atoms with Crippen molar-refractivity contribution in [3.8, 4) is 11.4 Å². The molecule has 0 aliphatic carbocycles. The first kappa shape index (κ1) is 21.2. The average molecular weight is 466 g/mol. The molecule has 1 heterocycles. The number of hydrogen-bond donors (Lipinski definition) is 2. The van der Waals surface area contributed by atoms with Gasteiger partial charge in [-0.3, -0.25) is 9.36 Å². The Kier molecular flexibility index (Phi) is 6.46. The van der Waals surface area contributed by atoms with Crippen LogP contribution in [0.2, 0.25) is 0 Å². The summed E-state index contributed by atoms with van der Waals surface area (Å²) >= 11 is 3.23.